The van der Waals surface area contributed by atoms with Crippen molar-refractivity contribution in [2.24, 2.45) is 4.99 Å². The number of hydrogen-bond donors (Lipinski definition) is 0. The predicted molar refractivity (Wildman–Crippen MR) is 69.3 cm³/mol. The Balaban J connectivity index is 3.38. The van der Waals surface area contributed by atoms with E-state index in [1.54, 1.807) is 0 Å². The van der Waals surface area contributed by atoms with Crippen molar-refractivity contribution in [2.75, 3.05) is 0 Å². The summed E-state index contributed by atoms with van der Waals surface area (Å²) >= 11 is 4.69. The van der Waals surface area contributed by atoms with Crippen molar-refractivity contribution >= 4 is 23.1 Å². The molecule has 0 heterocycles. The van der Waals surface area contributed by atoms with Crippen molar-refractivity contribution in [2.45, 2.75) is 40.0 Å². The maximum absolute atomic E-state index is 4.69. The van der Waals surface area contributed by atoms with Crippen molar-refractivity contribution in [1.29, 1.82) is 0 Å². The normalized spacial score (nSPS) is 9.80. The highest BCUT2D eigenvalue weighted by Crippen LogP contribution is 2.27. The number of rotatable bonds is 4. The van der Waals surface area contributed by atoms with Crippen LogP contribution < -0.4 is 0 Å². The molecule has 0 atom stereocenters. The van der Waals surface area contributed by atoms with Crippen LogP contribution in [0.4, 0.5) is 5.69 Å². The van der Waals surface area contributed by atoms with Gasteiger partial charge in [0.15, 0.2) is 0 Å². The molecule has 0 aliphatic rings. The van der Waals surface area contributed by atoms with Crippen molar-refractivity contribution in [1.82, 2.24) is 0 Å². The van der Waals surface area contributed by atoms with E-state index in [1.165, 1.54) is 16.7 Å². The first-order chi connectivity index (χ1) is 7.26. The predicted octanol–water partition coefficient (Wildman–Crippen LogP) is 4.11. The van der Waals surface area contributed by atoms with Crippen LogP contribution in [0, 0.1) is 0 Å². The van der Waals surface area contributed by atoms with Gasteiger partial charge in [-0.25, -0.2) is 0 Å². The highest BCUT2D eigenvalue weighted by Gasteiger charge is 2.07. The molecule has 0 aliphatic heterocycles. The average Bonchev–Trinajstić information content (AvgIpc) is 2.29. The van der Waals surface area contributed by atoms with Crippen LogP contribution >= 0.6 is 12.2 Å². The standard InChI is InChI=1S/C13H17NS/c1-4-10-7-11(5-2)13(14-9-15)12(6-3)8-10/h7-8H,4-6H2,1-3H3. The van der Waals surface area contributed by atoms with Gasteiger partial charge in [-0.3, -0.25) is 0 Å². The SMILES string of the molecule is CCc1cc(CC)c(N=C=S)c(CC)c1. The summed E-state index contributed by atoms with van der Waals surface area (Å²) in [4.78, 5) is 4.19. The van der Waals surface area contributed by atoms with Gasteiger partial charge in [0.25, 0.3) is 0 Å². The second-order valence-electron chi connectivity index (χ2n) is 3.53. The lowest BCUT2D eigenvalue weighted by Crippen LogP contribution is -1.92. The summed E-state index contributed by atoms with van der Waals surface area (Å²) < 4.78 is 0. The summed E-state index contributed by atoms with van der Waals surface area (Å²) in [6.07, 6.45) is 3.06. The zero-order valence-corrected chi connectivity index (χ0v) is 10.4. The maximum Gasteiger partial charge on any atom is 0.0803 e. The van der Waals surface area contributed by atoms with Crippen LogP contribution in [0.15, 0.2) is 17.1 Å². The van der Waals surface area contributed by atoms with E-state index >= 15 is 0 Å². The molecule has 0 radical (unpaired) electrons. The fourth-order valence-corrected chi connectivity index (χ4v) is 1.86. The molecule has 0 aliphatic carbocycles. The van der Waals surface area contributed by atoms with E-state index in [9.17, 15) is 0 Å². The molecule has 1 aromatic rings. The number of thiocarbonyl (C=S) groups is 1. The molecule has 15 heavy (non-hydrogen) atoms. The molecule has 0 N–H and O–H groups in total. The quantitative estimate of drug-likeness (QED) is 0.548. The summed E-state index contributed by atoms with van der Waals surface area (Å²) in [6, 6.07) is 4.45. The minimum atomic E-state index is 0.997. The van der Waals surface area contributed by atoms with Crippen molar-refractivity contribution in [3.8, 4) is 0 Å². The molecule has 1 aromatic carbocycles. The molecule has 0 bridgehead atoms. The Labute approximate surface area is 97.2 Å². The zero-order valence-electron chi connectivity index (χ0n) is 9.63. The van der Waals surface area contributed by atoms with E-state index in [-0.39, 0.29) is 0 Å². The largest absolute Gasteiger partial charge is 0.194 e. The summed E-state index contributed by atoms with van der Waals surface area (Å²) in [5.74, 6) is 0. The molecule has 1 nitrogen and oxygen atoms in total. The molecule has 1 rings (SSSR count). The maximum atomic E-state index is 4.69. The molecular weight excluding hydrogens is 202 g/mol. The smallest absolute Gasteiger partial charge is 0.0803 e. The van der Waals surface area contributed by atoms with E-state index in [0.29, 0.717) is 0 Å². The molecule has 80 valence electrons. The number of benzene rings is 1. The third kappa shape index (κ3) is 2.74. The van der Waals surface area contributed by atoms with Gasteiger partial charge in [-0.15, -0.1) is 0 Å². The average molecular weight is 219 g/mol. The Kier molecular flexibility index (Phi) is 4.67. The molecule has 0 unspecified atom stereocenters. The number of hydrogen-bond acceptors (Lipinski definition) is 2. The molecule has 2 heteroatoms. The van der Waals surface area contributed by atoms with Crippen LogP contribution in [0.25, 0.3) is 0 Å². The Morgan fingerprint density at radius 2 is 1.60 bits per heavy atom. The van der Waals surface area contributed by atoms with E-state index in [4.69, 9.17) is 12.2 Å². The summed E-state index contributed by atoms with van der Waals surface area (Å²) in [5.41, 5.74) is 4.98. The second-order valence-corrected chi connectivity index (χ2v) is 3.71. The van der Waals surface area contributed by atoms with Gasteiger partial charge in [0.1, 0.15) is 0 Å². The lowest BCUT2D eigenvalue weighted by molar-refractivity contribution is 1.04. The third-order valence-electron chi connectivity index (χ3n) is 2.66. The molecule has 0 amide bonds. The number of isothiocyanates is 1. The Hall–Kier alpha value is -0.980. The van der Waals surface area contributed by atoms with Gasteiger partial charge in [0.2, 0.25) is 0 Å². The molecular formula is C13H17NS. The van der Waals surface area contributed by atoms with E-state index < -0.39 is 0 Å². The van der Waals surface area contributed by atoms with Gasteiger partial charge >= 0.3 is 0 Å². The van der Waals surface area contributed by atoms with Crippen LogP contribution in [0.1, 0.15) is 37.5 Å². The molecule has 0 fully saturated rings. The monoisotopic (exact) mass is 219 g/mol. The summed E-state index contributed by atoms with van der Waals surface area (Å²) in [5, 5.41) is 2.48. The lowest BCUT2D eigenvalue weighted by atomic mass is 9.98. The minimum Gasteiger partial charge on any atom is -0.194 e. The van der Waals surface area contributed by atoms with Crippen LogP contribution in [0.2, 0.25) is 0 Å². The van der Waals surface area contributed by atoms with Gasteiger partial charge in [0, 0.05) is 0 Å². The van der Waals surface area contributed by atoms with Crippen molar-refractivity contribution in [3.05, 3.63) is 28.8 Å². The topological polar surface area (TPSA) is 12.4 Å². The fourth-order valence-electron chi connectivity index (χ4n) is 1.76. The number of nitrogens with zero attached hydrogens (tertiary/aromatic N) is 1. The van der Waals surface area contributed by atoms with Crippen LogP contribution in [0.5, 0.6) is 0 Å². The Bertz CT molecular complexity index is 365. The van der Waals surface area contributed by atoms with E-state index in [0.717, 1.165) is 24.9 Å². The van der Waals surface area contributed by atoms with E-state index in [2.05, 4.69) is 43.1 Å². The first kappa shape index (κ1) is 12.1. The first-order valence-electron chi connectivity index (χ1n) is 5.49. The van der Waals surface area contributed by atoms with Gasteiger partial charge in [-0.2, -0.15) is 4.99 Å². The molecule has 0 spiro atoms. The second kappa shape index (κ2) is 5.79. The molecule has 0 aromatic heterocycles. The summed E-state index contributed by atoms with van der Waals surface area (Å²) in [7, 11) is 0. The number of aliphatic imine (C=N–C) groups is 1. The van der Waals surface area contributed by atoms with Gasteiger partial charge in [-0.1, -0.05) is 32.9 Å². The van der Waals surface area contributed by atoms with Crippen LogP contribution in [-0.2, 0) is 19.3 Å². The first-order valence-corrected chi connectivity index (χ1v) is 5.90. The minimum absolute atomic E-state index is 0.997. The van der Waals surface area contributed by atoms with Gasteiger partial charge in [-0.05, 0) is 48.2 Å². The van der Waals surface area contributed by atoms with Crippen LogP contribution in [0.3, 0.4) is 0 Å². The lowest BCUT2D eigenvalue weighted by Gasteiger charge is -2.10. The highest BCUT2D eigenvalue weighted by atomic mass is 32.1. The van der Waals surface area contributed by atoms with Crippen molar-refractivity contribution < 1.29 is 0 Å². The van der Waals surface area contributed by atoms with E-state index in [1.807, 2.05) is 0 Å². The highest BCUT2D eigenvalue weighted by molar-refractivity contribution is 7.78. The van der Waals surface area contributed by atoms with Crippen LogP contribution in [-0.4, -0.2) is 5.16 Å². The van der Waals surface area contributed by atoms with Gasteiger partial charge in [0.05, 0.1) is 10.8 Å². The Morgan fingerprint density at radius 1 is 1.07 bits per heavy atom. The Morgan fingerprint density at radius 3 is 1.93 bits per heavy atom. The molecule has 0 saturated heterocycles. The fraction of sp³-hybridized carbons (Fsp3) is 0.462. The third-order valence-corrected chi connectivity index (χ3v) is 2.75. The molecule has 0 saturated carbocycles. The zero-order chi connectivity index (χ0) is 11.3. The summed E-state index contributed by atoms with van der Waals surface area (Å²) in [6.45, 7) is 6.48. The number of aryl methyl sites for hydroxylation is 3. The van der Waals surface area contributed by atoms with Crippen molar-refractivity contribution in [3.63, 3.8) is 0 Å². The van der Waals surface area contributed by atoms with Gasteiger partial charge < -0.3 is 0 Å².